The largest absolute Gasteiger partial charge is 0.454 e. The number of benzene rings is 1. The van der Waals surface area contributed by atoms with Gasteiger partial charge in [0, 0.05) is 18.7 Å². The summed E-state index contributed by atoms with van der Waals surface area (Å²) in [6.07, 6.45) is 0.223. The van der Waals surface area contributed by atoms with Crippen molar-refractivity contribution in [3.8, 4) is 11.5 Å². The Kier molecular flexibility index (Phi) is 4.86. The molecule has 3 heterocycles. The van der Waals surface area contributed by atoms with Gasteiger partial charge < -0.3 is 24.4 Å². The molecule has 4 rings (SSSR count). The lowest BCUT2D eigenvalue weighted by atomic mass is 10.2. The molecule has 1 aromatic carbocycles. The second-order valence-corrected chi connectivity index (χ2v) is 8.75. The lowest BCUT2D eigenvalue weighted by Gasteiger charge is -2.29. The summed E-state index contributed by atoms with van der Waals surface area (Å²) >= 11 is 1.59. The molecule has 0 bridgehead atoms. The first-order valence-corrected chi connectivity index (χ1v) is 10.2. The van der Waals surface area contributed by atoms with Gasteiger partial charge in [-0.1, -0.05) is 6.07 Å². The Labute approximate surface area is 166 Å². The van der Waals surface area contributed by atoms with E-state index in [4.69, 9.17) is 14.2 Å². The number of nitrogens with zero attached hydrogens (tertiary/aromatic N) is 1. The molecule has 8 nitrogen and oxygen atoms in total. The van der Waals surface area contributed by atoms with E-state index in [0.717, 1.165) is 12.0 Å². The van der Waals surface area contributed by atoms with Crippen LogP contribution in [0.1, 0.15) is 32.3 Å². The molecule has 0 saturated carbocycles. The van der Waals surface area contributed by atoms with E-state index in [9.17, 15) is 14.4 Å². The van der Waals surface area contributed by atoms with Crippen molar-refractivity contribution in [2.45, 2.75) is 50.3 Å². The Bertz CT molecular complexity index is 831. The average Bonchev–Trinajstić information content (AvgIpc) is 3.34. The molecule has 9 heteroatoms. The smallest absolute Gasteiger partial charge is 0.330 e. The number of carbonyl (C=O) groups excluding carboxylic acids is 3. The fourth-order valence-corrected chi connectivity index (χ4v) is 5.10. The van der Waals surface area contributed by atoms with Crippen LogP contribution in [0, 0.1) is 0 Å². The van der Waals surface area contributed by atoms with Crippen LogP contribution in [0.5, 0.6) is 11.5 Å². The summed E-state index contributed by atoms with van der Waals surface area (Å²) in [5.74, 6) is 0.851. The lowest BCUT2D eigenvalue weighted by molar-refractivity contribution is -0.161. The van der Waals surface area contributed by atoms with Crippen molar-refractivity contribution < 1.29 is 28.6 Å². The van der Waals surface area contributed by atoms with Crippen molar-refractivity contribution in [2.75, 3.05) is 12.5 Å². The molecular formula is C19H22N2O6S. The summed E-state index contributed by atoms with van der Waals surface area (Å²) in [6.45, 7) is 3.97. The first-order chi connectivity index (χ1) is 13.4. The number of carbonyl (C=O) groups is 3. The zero-order valence-electron chi connectivity index (χ0n) is 15.7. The predicted octanol–water partition coefficient (Wildman–Crippen LogP) is 1.42. The van der Waals surface area contributed by atoms with Gasteiger partial charge in [-0.15, -0.1) is 11.8 Å². The Morgan fingerprint density at radius 2 is 2.18 bits per heavy atom. The lowest BCUT2D eigenvalue weighted by Crippen LogP contribution is -2.48. The maximum atomic E-state index is 12.6. The van der Waals surface area contributed by atoms with Crippen LogP contribution in [0.4, 0.5) is 0 Å². The summed E-state index contributed by atoms with van der Waals surface area (Å²) in [5.41, 5.74) is 0.849. The van der Waals surface area contributed by atoms with Gasteiger partial charge in [0.2, 0.25) is 12.7 Å². The van der Waals surface area contributed by atoms with Crippen molar-refractivity contribution in [1.82, 2.24) is 10.2 Å². The van der Waals surface area contributed by atoms with E-state index in [1.54, 1.807) is 28.8 Å². The molecule has 0 aliphatic carbocycles. The minimum atomic E-state index is -0.948. The summed E-state index contributed by atoms with van der Waals surface area (Å²) in [4.78, 5) is 38.3. The third kappa shape index (κ3) is 3.39. The molecule has 28 heavy (non-hydrogen) atoms. The molecule has 2 saturated heterocycles. The molecular weight excluding hydrogens is 384 g/mol. The summed E-state index contributed by atoms with van der Waals surface area (Å²) in [6, 6.07) is 4.79. The van der Waals surface area contributed by atoms with Crippen LogP contribution in [0.2, 0.25) is 0 Å². The zero-order chi connectivity index (χ0) is 19.9. The summed E-state index contributed by atoms with van der Waals surface area (Å²) < 4.78 is 15.9. The molecule has 0 spiro atoms. The molecule has 3 aliphatic heterocycles. The molecule has 0 aromatic heterocycles. The van der Waals surface area contributed by atoms with Crippen LogP contribution < -0.4 is 14.8 Å². The van der Waals surface area contributed by atoms with Crippen molar-refractivity contribution in [2.24, 2.45) is 0 Å². The third-order valence-corrected chi connectivity index (χ3v) is 6.79. The van der Waals surface area contributed by atoms with E-state index in [1.165, 1.54) is 6.92 Å². The quantitative estimate of drug-likeness (QED) is 0.739. The minimum absolute atomic E-state index is 0.0330. The van der Waals surface area contributed by atoms with Gasteiger partial charge in [0.15, 0.2) is 17.6 Å². The molecule has 2 fully saturated rings. The van der Waals surface area contributed by atoms with Gasteiger partial charge in [-0.2, -0.15) is 0 Å². The second-order valence-electron chi connectivity index (χ2n) is 7.25. The standard InChI is InChI=1S/C19H22N2O6S/c1-11(17(23)20-8-12-3-4-14-15(7-12)26-10-25-14)27-18(24)13-9-28-19(2)6-5-16(22)21(13)19/h3-4,7,11,13H,5-6,8-10H2,1-2H3,(H,20,23)/t11-,13+,19-/m0/s1. The van der Waals surface area contributed by atoms with Gasteiger partial charge in [-0.05, 0) is 38.0 Å². The predicted molar refractivity (Wildman–Crippen MR) is 101 cm³/mol. The van der Waals surface area contributed by atoms with Crippen LogP contribution in [0.3, 0.4) is 0 Å². The molecule has 0 unspecified atom stereocenters. The Morgan fingerprint density at radius 1 is 1.39 bits per heavy atom. The number of hydrogen-bond acceptors (Lipinski definition) is 7. The fourth-order valence-electron chi connectivity index (χ4n) is 3.69. The highest BCUT2D eigenvalue weighted by molar-refractivity contribution is 8.01. The van der Waals surface area contributed by atoms with Gasteiger partial charge in [0.1, 0.15) is 6.04 Å². The molecule has 0 radical (unpaired) electrons. The van der Waals surface area contributed by atoms with Crippen molar-refractivity contribution >= 4 is 29.5 Å². The monoisotopic (exact) mass is 406 g/mol. The van der Waals surface area contributed by atoms with Gasteiger partial charge in [0.05, 0.1) is 4.87 Å². The first-order valence-electron chi connectivity index (χ1n) is 9.20. The van der Waals surface area contributed by atoms with Crippen LogP contribution in [0.15, 0.2) is 18.2 Å². The molecule has 150 valence electrons. The number of rotatable bonds is 5. The number of ether oxygens (including phenoxy) is 3. The first kappa shape index (κ1) is 18.9. The highest BCUT2D eigenvalue weighted by atomic mass is 32.2. The highest BCUT2D eigenvalue weighted by Crippen LogP contribution is 2.47. The number of amides is 2. The van der Waals surface area contributed by atoms with E-state index in [0.29, 0.717) is 23.7 Å². The summed E-state index contributed by atoms with van der Waals surface area (Å²) in [5, 5.41) is 2.75. The van der Waals surface area contributed by atoms with Crippen LogP contribution in [-0.4, -0.2) is 52.2 Å². The number of esters is 1. The van der Waals surface area contributed by atoms with Gasteiger partial charge in [0.25, 0.3) is 5.91 Å². The van der Waals surface area contributed by atoms with Crippen LogP contribution in [0.25, 0.3) is 0 Å². The normalized spacial score (nSPS) is 26.1. The number of fused-ring (bicyclic) bond motifs is 2. The molecule has 1 N–H and O–H groups in total. The summed E-state index contributed by atoms with van der Waals surface area (Å²) in [7, 11) is 0. The fraction of sp³-hybridized carbons (Fsp3) is 0.526. The van der Waals surface area contributed by atoms with Crippen molar-refractivity contribution in [3.63, 3.8) is 0 Å². The second kappa shape index (κ2) is 7.20. The minimum Gasteiger partial charge on any atom is -0.454 e. The molecule has 3 atom stereocenters. The van der Waals surface area contributed by atoms with Crippen LogP contribution >= 0.6 is 11.8 Å². The maximum absolute atomic E-state index is 12.6. The highest BCUT2D eigenvalue weighted by Gasteiger charge is 2.53. The van der Waals surface area contributed by atoms with E-state index in [-0.39, 0.29) is 24.1 Å². The van der Waals surface area contributed by atoms with Crippen LogP contribution in [-0.2, 0) is 25.7 Å². The molecule has 2 amide bonds. The maximum Gasteiger partial charge on any atom is 0.330 e. The average molecular weight is 406 g/mol. The third-order valence-electron chi connectivity index (χ3n) is 5.28. The zero-order valence-corrected chi connectivity index (χ0v) is 16.5. The van der Waals surface area contributed by atoms with E-state index in [1.807, 2.05) is 13.0 Å². The Morgan fingerprint density at radius 3 is 3.00 bits per heavy atom. The number of hydrogen-bond donors (Lipinski definition) is 1. The van der Waals surface area contributed by atoms with E-state index in [2.05, 4.69) is 5.32 Å². The van der Waals surface area contributed by atoms with E-state index >= 15 is 0 Å². The molecule has 1 aromatic rings. The van der Waals surface area contributed by atoms with Crippen molar-refractivity contribution in [1.29, 1.82) is 0 Å². The number of nitrogens with one attached hydrogen (secondary N) is 1. The van der Waals surface area contributed by atoms with Crippen molar-refractivity contribution in [3.05, 3.63) is 23.8 Å². The topological polar surface area (TPSA) is 94.2 Å². The van der Waals surface area contributed by atoms with Gasteiger partial charge >= 0.3 is 5.97 Å². The SMILES string of the molecule is C[C@H](OC(=O)[C@H]1CS[C@@]2(C)CCC(=O)N12)C(=O)NCc1ccc2c(c1)OCO2. The van der Waals surface area contributed by atoms with Gasteiger partial charge in [-0.25, -0.2) is 4.79 Å². The molecule has 3 aliphatic rings. The Hall–Kier alpha value is -2.42. The number of thioether (sulfide) groups is 1. The van der Waals surface area contributed by atoms with Gasteiger partial charge in [-0.3, -0.25) is 9.59 Å². The Balaban J connectivity index is 1.31. The van der Waals surface area contributed by atoms with E-state index < -0.39 is 24.0 Å².